The van der Waals surface area contributed by atoms with Crippen LogP contribution >= 0.6 is 0 Å². The van der Waals surface area contributed by atoms with Gasteiger partial charge in [-0.1, -0.05) is 50.6 Å². The van der Waals surface area contributed by atoms with E-state index in [0.717, 1.165) is 11.1 Å². The topological polar surface area (TPSA) is 85.6 Å². The van der Waals surface area contributed by atoms with Crippen LogP contribution in [0.5, 0.6) is 11.5 Å². The predicted octanol–water partition coefficient (Wildman–Crippen LogP) is 4.36. The molecule has 0 saturated carbocycles. The van der Waals surface area contributed by atoms with E-state index in [0.29, 0.717) is 11.3 Å². The van der Waals surface area contributed by atoms with Crippen LogP contribution in [0.1, 0.15) is 37.5 Å². The van der Waals surface area contributed by atoms with Gasteiger partial charge in [0.25, 0.3) is 0 Å². The fraction of sp³-hybridized carbons (Fsp3) is 0.292. The number of hydrogen-bond donors (Lipinski definition) is 0. The minimum Gasteiger partial charge on any atom is -0.482 e. The lowest BCUT2D eigenvalue weighted by Gasteiger charge is -2.23. The zero-order valence-corrected chi connectivity index (χ0v) is 17.8. The Morgan fingerprint density at radius 1 is 1.13 bits per heavy atom. The van der Waals surface area contributed by atoms with Crippen LogP contribution in [-0.2, 0) is 19.7 Å². The maximum Gasteiger partial charge on any atom is 0.349 e. The van der Waals surface area contributed by atoms with Crippen LogP contribution in [0.2, 0.25) is 0 Å². The molecule has 0 saturated heterocycles. The first-order valence-corrected chi connectivity index (χ1v) is 9.39. The second-order valence-electron chi connectivity index (χ2n) is 7.75. The summed E-state index contributed by atoms with van der Waals surface area (Å²) < 4.78 is 15.6. The second kappa shape index (κ2) is 9.75. The Morgan fingerprint density at radius 2 is 1.87 bits per heavy atom. The average Bonchev–Trinajstić information content (AvgIpc) is 2.70. The van der Waals surface area contributed by atoms with Gasteiger partial charge in [-0.25, -0.2) is 9.59 Å². The number of aryl methyl sites for hydroxylation is 1. The smallest absolute Gasteiger partial charge is 0.349 e. The van der Waals surface area contributed by atoms with Gasteiger partial charge in [-0.05, 0) is 47.7 Å². The van der Waals surface area contributed by atoms with E-state index in [1.54, 1.807) is 30.3 Å². The number of esters is 2. The van der Waals surface area contributed by atoms with Crippen molar-refractivity contribution in [1.82, 2.24) is 0 Å². The molecule has 0 unspecified atom stereocenters. The van der Waals surface area contributed by atoms with Crippen molar-refractivity contribution < 1.29 is 23.8 Å². The monoisotopic (exact) mass is 407 g/mol. The highest BCUT2D eigenvalue weighted by atomic mass is 16.6. The maximum absolute atomic E-state index is 12.3. The van der Waals surface area contributed by atoms with Crippen LogP contribution in [0.4, 0.5) is 0 Å². The summed E-state index contributed by atoms with van der Waals surface area (Å²) in [5, 5.41) is 9.06. The first-order chi connectivity index (χ1) is 14.1. The van der Waals surface area contributed by atoms with E-state index in [1.165, 1.54) is 13.2 Å². The summed E-state index contributed by atoms with van der Waals surface area (Å²) in [6, 6.07) is 14.1. The van der Waals surface area contributed by atoms with Crippen molar-refractivity contribution >= 4 is 18.0 Å². The number of ether oxygens (including phenoxy) is 3. The fourth-order valence-corrected chi connectivity index (χ4v) is 2.73. The summed E-state index contributed by atoms with van der Waals surface area (Å²) in [5.74, 6) is -0.385. The van der Waals surface area contributed by atoms with Crippen LogP contribution in [0.3, 0.4) is 0 Å². The van der Waals surface area contributed by atoms with Crippen molar-refractivity contribution in [3.05, 3.63) is 64.7 Å². The Labute approximate surface area is 176 Å². The summed E-state index contributed by atoms with van der Waals surface area (Å²) in [5.41, 5.74) is 2.36. The lowest BCUT2D eigenvalue weighted by Crippen LogP contribution is -2.20. The van der Waals surface area contributed by atoms with Gasteiger partial charge in [0, 0.05) is 0 Å². The van der Waals surface area contributed by atoms with Gasteiger partial charge in [-0.2, -0.15) is 5.26 Å². The molecule has 30 heavy (non-hydrogen) atoms. The molecule has 2 aromatic carbocycles. The van der Waals surface area contributed by atoms with E-state index in [2.05, 4.69) is 25.5 Å². The van der Waals surface area contributed by atoms with E-state index < -0.39 is 11.9 Å². The number of hydrogen-bond acceptors (Lipinski definition) is 6. The predicted molar refractivity (Wildman–Crippen MR) is 113 cm³/mol. The molecule has 0 aliphatic heterocycles. The Hall–Kier alpha value is -3.59. The number of nitrogens with zero attached hydrogens (tertiary/aromatic N) is 1. The Kier molecular flexibility index (Phi) is 7.38. The molecule has 2 aromatic rings. The van der Waals surface area contributed by atoms with Crippen molar-refractivity contribution in [2.45, 2.75) is 33.1 Å². The number of carbonyl (C=O) groups is 2. The van der Waals surface area contributed by atoms with Crippen LogP contribution in [-0.4, -0.2) is 25.7 Å². The van der Waals surface area contributed by atoms with Gasteiger partial charge in [0.15, 0.2) is 6.61 Å². The first kappa shape index (κ1) is 22.7. The molecular formula is C24H25NO5. The third kappa shape index (κ3) is 6.21. The Balaban J connectivity index is 2.09. The van der Waals surface area contributed by atoms with E-state index in [9.17, 15) is 9.59 Å². The summed E-state index contributed by atoms with van der Waals surface area (Å²) >= 11 is 0. The van der Waals surface area contributed by atoms with E-state index in [4.69, 9.17) is 14.7 Å². The molecule has 156 valence electrons. The summed E-state index contributed by atoms with van der Waals surface area (Å²) in [6.45, 7) is 7.99. The van der Waals surface area contributed by atoms with Gasteiger partial charge in [0.05, 0.1) is 7.11 Å². The lowest BCUT2D eigenvalue weighted by molar-refractivity contribution is -0.137. The molecule has 6 heteroatoms. The van der Waals surface area contributed by atoms with Crippen molar-refractivity contribution in [2.75, 3.05) is 13.7 Å². The highest BCUT2D eigenvalue weighted by Crippen LogP contribution is 2.32. The second-order valence-corrected chi connectivity index (χ2v) is 7.75. The Bertz CT molecular complexity index is 1010. The van der Waals surface area contributed by atoms with Gasteiger partial charge in [-0.15, -0.1) is 0 Å². The number of rotatable bonds is 6. The third-order valence-corrected chi connectivity index (χ3v) is 4.22. The van der Waals surface area contributed by atoms with Gasteiger partial charge in [0.1, 0.15) is 23.1 Å². The van der Waals surface area contributed by atoms with Crippen molar-refractivity contribution in [3.63, 3.8) is 0 Å². The molecule has 0 aliphatic carbocycles. The zero-order chi connectivity index (χ0) is 22.3. The fourth-order valence-electron chi connectivity index (χ4n) is 2.73. The van der Waals surface area contributed by atoms with Crippen molar-refractivity contribution in [2.24, 2.45) is 0 Å². The maximum atomic E-state index is 12.3. The largest absolute Gasteiger partial charge is 0.482 e. The number of benzene rings is 2. The third-order valence-electron chi connectivity index (χ3n) is 4.22. The minimum atomic E-state index is -0.735. The first-order valence-electron chi connectivity index (χ1n) is 9.39. The molecule has 0 bridgehead atoms. The van der Waals surface area contributed by atoms with Gasteiger partial charge in [0.2, 0.25) is 0 Å². The molecule has 6 nitrogen and oxygen atoms in total. The molecule has 0 atom stereocenters. The molecule has 0 amide bonds. The van der Waals surface area contributed by atoms with Gasteiger partial charge in [-0.3, -0.25) is 0 Å². The van der Waals surface area contributed by atoms with Gasteiger partial charge >= 0.3 is 11.9 Å². The van der Waals surface area contributed by atoms with Crippen molar-refractivity contribution in [3.8, 4) is 17.6 Å². The minimum absolute atomic E-state index is 0.135. The summed E-state index contributed by atoms with van der Waals surface area (Å²) in [6.07, 6.45) is 1.36. The average molecular weight is 407 g/mol. The number of nitriles is 1. The Morgan fingerprint density at radius 3 is 2.50 bits per heavy atom. The summed E-state index contributed by atoms with van der Waals surface area (Å²) in [7, 11) is 1.20. The lowest BCUT2D eigenvalue weighted by atomic mass is 9.85. The van der Waals surface area contributed by atoms with Crippen LogP contribution < -0.4 is 9.47 Å². The molecule has 2 rings (SSSR count). The molecule has 0 aromatic heterocycles. The molecule has 0 N–H and O–H groups in total. The highest BCUT2D eigenvalue weighted by molar-refractivity contribution is 5.97. The quantitative estimate of drug-likeness (QED) is 0.306. The van der Waals surface area contributed by atoms with Crippen LogP contribution in [0.15, 0.2) is 48.0 Å². The summed E-state index contributed by atoms with van der Waals surface area (Å²) in [4.78, 5) is 23.8. The van der Waals surface area contributed by atoms with Crippen LogP contribution in [0.25, 0.3) is 6.08 Å². The van der Waals surface area contributed by atoms with E-state index in [-0.39, 0.29) is 23.3 Å². The van der Waals surface area contributed by atoms with Gasteiger partial charge < -0.3 is 14.2 Å². The molecule has 0 radical (unpaired) electrons. The molecule has 0 aliphatic rings. The molecular weight excluding hydrogens is 382 g/mol. The SMILES string of the molecule is COC(=O)/C(C#N)=C/c1cccc(OC(=O)COc2ccc(C)cc2C(C)(C)C)c1. The molecule has 0 fully saturated rings. The molecule has 0 heterocycles. The van der Waals surface area contributed by atoms with Crippen molar-refractivity contribution in [1.29, 1.82) is 5.26 Å². The highest BCUT2D eigenvalue weighted by Gasteiger charge is 2.20. The van der Waals surface area contributed by atoms with Crippen LogP contribution in [0, 0.1) is 18.3 Å². The molecule has 0 spiro atoms. The normalized spacial score (nSPS) is 11.4. The zero-order valence-electron chi connectivity index (χ0n) is 17.8. The van der Waals surface area contributed by atoms with E-state index >= 15 is 0 Å². The number of carbonyl (C=O) groups excluding carboxylic acids is 2. The van der Waals surface area contributed by atoms with E-state index in [1.807, 2.05) is 25.1 Å². The number of methoxy groups -OCH3 is 1. The standard InChI is InChI=1S/C24H25NO5/c1-16-9-10-21(20(11-16)24(2,3)4)29-15-22(26)30-19-8-6-7-17(13-19)12-18(14-25)23(27)28-5/h6-13H,15H2,1-5H3/b18-12+.